The fourth-order valence-corrected chi connectivity index (χ4v) is 5.55. The van der Waals surface area contributed by atoms with Gasteiger partial charge in [0, 0.05) is 42.1 Å². The highest BCUT2D eigenvalue weighted by Crippen LogP contribution is 2.34. The Morgan fingerprint density at radius 1 is 0.900 bits per heavy atom. The molecule has 144 valence electrons. The largest absolute Gasteiger partial charge is 0.318 e. The first-order chi connectivity index (χ1) is 14.5. The summed E-state index contributed by atoms with van der Waals surface area (Å²) in [7, 11) is 0. The van der Waals surface area contributed by atoms with Gasteiger partial charge in [-0.3, -0.25) is 9.59 Å². The van der Waals surface area contributed by atoms with Gasteiger partial charge >= 0.3 is 0 Å². The fraction of sp³-hybridized carbons (Fsp3) is 0.250. The van der Waals surface area contributed by atoms with Gasteiger partial charge in [-0.15, -0.1) is 0 Å². The van der Waals surface area contributed by atoms with Crippen LogP contribution < -0.4 is 21.8 Å². The third-order valence-corrected chi connectivity index (χ3v) is 6.75. The SMILES string of the molecule is [C-]#[N+]C1=c2c3cc(C)c4c(=O)n5c(c6cc(C)c(c(=O)n2CC1)c3c64)=C(C#N)CC5. The number of rotatable bonds is 0. The Kier molecular flexibility index (Phi) is 3.04. The molecule has 0 radical (unpaired) electrons. The molecular formula is C24H16N4O2. The summed E-state index contributed by atoms with van der Waals surface area (Å²) in [6.45, 7) is 12.4. The van der Waals surface area contributed by atoms with Crippen molar-refractivity contribution < 1.29 is 0 Å². The highest BCUT2D eigenvalue weighted by Gasteiger charge is 2.26. The van der Waals surface area contributed by atoms with Gasteiger partial charge in [-0.25, -0.2) is 4.85 Å². The maximum Gasteiger partial charge on any atom is 0.259 e. The summed E-state index contributed by atoms with van der Waals surface area (Å²) in [4.78, 5) is 30.6. The number of nitrogens with zero attached hydrogens (tertiary/aromatic N) is 4. The maximum absolute atomic E-state index is 13.4. The molecule has 4 aromatic rings. The summed E-state index contributed by atoms with van der Waals surface area (Å²) < 4.78 is 3.42. The lowest BCUT2D eigenvalue weighted by Gasteiger charge is -2.18. The Hall–Kier alpha value is -3.90. The molecule has 30 heavy (non-hydrogen) atoms. The van der Waals surface area contributed by atoms with Crippen LogP contribution in [0.15, 0.2) is 21.7 Å². The second-order valence-electron chi connectivity index (χ2n) is 8.24. The van der Waals surface area contributed by atoms with Crippen molar-refractivity contribution in [1.29, 1.82) is 5.26 Å². The second-order valence-corrected chi connectivity index (χ2v) is 8.24. The number of benzene rings is 2. The monoisotopic (exact) mass is 392 g/mol. The Balaban J connectivity index is 2.12. The van der Waals surface area contributed by atoms with Gasteiger partial charge in [-0.1, -0.05) is 0 Å². The lowest BCUT2D eigenvalue weighted by molar-refractivity contribution is 0.716. The van der Waals surface area contributed by atoms with Crippen molar-refractivity contribution in [3.8, 4) is 6.07 Å². The van der Waals surface area contributed by atoms with E-state index in [0.717, 1.165) is 32.7 Å². The zero-order chi connectivity index (χ0) is 20.9. The molecule has 2 aliphatic rings. The van der Waals surface area contributed by atoms with E-state index < -0.39 is 0 Å². The molecule has 6 heteroatoms. The molecule has 2 aromatic heterocycles. The molecule has 0 atom stereocenters. The summed E-state index contributed by atoms with van der Waals surface area (Å²) >= 11 is 0. The van der Waals surface area contributed by atoms with Crippen LogP contribution in [0.25, 0.3) is 48.4 Å². The number of aromatic nitrogens is 2. The van der Waals surface area contributed by atoms with Crippen molar-refractivity contribution in [2.24, 2.45) is 0 Å². The molecule has 0 fully saturated rings. The molecule has 0 amide bonds. The molecule has 0 saturated carbocycles. The van der Waals surface area contributed by atoms with E-state index in [1.54, 1.807) is 9.13 Å². The average Bonchev–Trinajstić information content (AvgIpc) is 3.35. The molecule has 0 unspecified atom stereocenters. The topological polar surface area (TPSA) is 72.2 Å². The normalized spacial score (nSPS) is 15.2. The minimum absolute atomic E-state index is 0.106. The second kappa shape index (κ2) is 5.37. The first kappa shape index (κ1) is 17.0. The van der Waals surface area contributed by atoms with E-state index in [0.29, 0.717) is 58.7 Å². The highest BCUT2D eigenvalue weighted by atomic mass is 16.1. The highest BCUT2D eigenvalue weighted by molar-refractivity contribution is 6.24. The van der Waals surface area contributed by atoms with E-state index in [1.807, 2.05) is 26.0 Å². The van der Waals surface area contributed by atoms with Crippen molar-refractivity contribution in [2.45, 2.75) is 39.8 Å². The Bertz CT molecular complexity index is 1690. The van der Waals surface area contributed by atoms with Gasteiger partial charge in [0.2, 0.25) is 0 Å². The molecule has 0 N–H and O–H groups in total. The van der Waals surface area contributed by atoms with E-state index in [-0.39, 0.29) is 11.1 Å². The van der Waals surface area contributed by atoms with Crippen molar-refractivity contribution in [2.75, 3.05) is 0 Å². The van der Waals surface area contributed by atoms with Crippen LogP contribution >= 0.6 is 0 Å². The number of aryl methyl sites for hydroxylation is 2. The lowest BCUT2D eigenvalue weighted by atomic mass is 9.90. The standard InChI is InChI=1S/C24H16N4O2/c1-11-8-14-19-17(23(29)27-6-4-13(10-25)21(14)27)12(2)9-15-20(19)18(11)24(30)28-7-5-16(26-3)22(15)28/h8-9H,4-7H2,1-2H3. The van der Waals surface area contributed by atoms with E-state index in [9.17, 15) is 14.9 Å². The van der Waals surface area contributed by atoms with Crippen LogP contribution in [0.2, 0.25) is 0 Å². The van der Waals surface area contributed by atoms with Gasteiger partial charge < -0.3 is 9.13 Å². The quantitative estimate of drug-likeness (QED) is 0.340. The number of hydrogen-bond acceptors (Lipinski definition) is 3. The molecule has 4 heterocycles. The van der Waals surface area contributed by atoms with E-state index in [1.165, 1.54) is 0 Å². The van der Waals surface area contributed by atoms with Crippen LogP contribution in [0.4, 0.5) is 0 Å². The summed E-state index contributed by atoms with van der Waals surface area (Å²) in [6, 6.07) is 6.19. The van der Waals surface area contributed by atoms with Crippen molar-refractivity contribution in [3.63, 3.8) is 0 Å². The van der Waals surface area contributed by atoms with E-state index in [4.69, 9.17) is 6.57 Å². The predicted octanol–water partition coefficient (Wildman–Crippen LogP) is 2.03. The van der Waals surface area contributed by atoms with Gasteiger partial charge in [0.15, 0.2) is 5.70 Å². The summed E-state index contributed by atoms with van der Waals surface area (Å²) in [5, 5.41) is 15.5. The molecule has 2 aliphatic heterocycles. The zero-order valence-electron chi connectivity index (χ0n) is 16.6. The van der Waals surface area contributed by atoms with Crippen molar-refractivity contribution >= 4 is 43.6 Å². The molecule has 0 spiro atoms. The van der Waals surface area contributed by atoms with Crippen LogP contribution in [0.1, 0.15) is 24.0 Å². The first-order valence-corrected chi connectivity index (χ1v) is 9.97. The molecular weight excluding hydrogens is 376 g/mol. The molecule has 0 saturated heterocycles. The molecule has 0 bridgehead atoms. The third-order valence-electron chi connectivity index (χ3n) is 6.75. The smallest absolute Gasteiger partial charge is 0.259 e. The maximum atomic E-state index is 13.4. The average molecular weight is 392 g/mol. The van der Waals surface area contributed by atoms with Crippen LogP contribution in [0, 0.1) is 31.8 Å². The predicted molar refractivity (Wildman–Crippen MR) is 116 cm³/mol. The fourth-order valence-electron chi connectivity index (χ4n) is 5.55. The zero-order valence-corrected chi connectivity index (χ0v) is 16.6. The summed E-state index contributed by atoms with van der Waals surface area (Å²) in [5.74, 6) is 0. The Morgan fingerprint density at radius 2 is 1.43 bits per heavy atom. The van der Waals surface area contributed by atoms with Crippen LogP contribution in [-0.2, 0) is 13.1 Å². The molecule has 6 nitrogen and oxygen atoms in total. The van der Waals surface area contributed by atoms with Crippen LogP contribution in [-0.4, -0.2) is 9.13 Å². The van der Waals surface area contributed by atoms with Crippen LogP contribution in [0.3, 0.4) is 0 Å². The van der Waals surface area contributed by atoms with Gasteiger partial charge in [0.05, 0.1) is 39.7 Å². The number of hydrogen-bond donors (Lipinski definition) is 0. The van der Waals surface area contributed by atoms with Crippen LogP contribution in [0.5, 0.6) is 0 Å². The number of fused-ring (bicyclic) bond motifs is 4. The summed E-state index contributed by atoms with van der Waals surface area (Å²) in [6.07, 6.45) is 1.09. The first-order valence-electron chi connectivity index (χ1n) is 9.97. The van der Waals surface area contributed by atoms with Gasteiger partial charge in [-0.05, 0) is 42.5 Å². The van der Waals surface area contributed by atoms with Gasteiger partial charge in [0.1, 0.15) is 0 Å². The Morgan fingerprint density at radius 3 is 2.00 bits per heavy atom. The number of nitriles is 1. The lowest BCUT2D eigenvalue weighted by Crippen LogP contribution is -2.34. The van der Waals surface area contributed by atoms with Gasteiger partial charge in [0.25, 0.3) is 11.1 Å². The van der Waals surface area contributed by atoms with E-state index >= 15 is 0 Å². The van der Waals surface area contributed by atoms with Gasteiger partial charge in [-0.2, -0.15) is 5.26 Å². The number of pyridine rings is 2. The molecule has 2 aromatic carbocycles. The minimum atomic E-state index is -0.109. The third kappa shape index (κ3) is 1.73. The summed E-state index contributed by atoms with van der Waals surface area (Å²) in [5.41, 5.74) is 2.65. The molecule has 6 rings (SSSR count). The molecule has 0 aliphatic carbocycles. The Labute approximate surface area is 170 Å². The van der Waals surface area contributed by atoms with E-state index in [2.05, 4.69) is 10.9 Å². The van der Waals surface area contributed by atoms with Crippen molar-refractivity contribution in [3.05, 3.63) is 66.1 Å². The minimum Gasteiger partial charge on any atom is -0.318 e. The van der Waals surface area contributed by atoms with Crippen molar-refractivity contribution in [1.82, 2.24) is 9.13 Å².